The molecule has 2 aromatic rings. The molecule has 0 aromatic heterocycles. The third kappa shape index (κ3) is 4.80. The number of thioether (sulfide) groups is 1. The number of nitrogens with zero attached hydrogens (tertiary/aromatic N) is 2. The largest absolute Gasteiger partial charge is 0.504 e. The average Bonchev–Trinajstić information content (AvgIpc) is 3.63. The maximum atomic E-state index is 14.7. The summed E-state index contributed by atoms with van der Waals surface area (Å²) in [4.78, 5) is 31.8. The van der Waals surface area contributed by atoms with E-state index in [1.165, 1.54) is 25.8 Å². The first-order chi connectivity index (χ1) is 25.9. The quantitative estimate of drug-likeness (QED) is 0.264. The third-order valence-electron chi connectivity index (χ3n) is 12.6. The van der Waals surface area contributed by atoms with Gasteiger partial charge in [-0.2, -0.15) is 0 Å². The second kappa shape index (κ2) is 12.7. The predicted octanol–water partition coefficient (Wildman–Crippen LogP) is 3.62. The summed E-state index contributed by atoms with van der Waals surface area (Å²) in [7, 11) is 5.02. The summed E-state index contributed by atoms with van der Waals surface area (Å²) in [6.45, 7) is 5.44. The van der Waals surface area contributed by atoms with Crippen LogP contribution >= 0.6 is 11.8 Å². The standard InChI is InChI=1S/C39H45N3O11S/c1-16-9-20-10-22-37(46)42-23-13-50-38(47)39(21-12-25(48-5)24(44)11-19(21)7-8-40-39)14-54-36(30(42)29(41(22)4)26(20)31(45)32(16)49-6)28-27(23)35-34(51-15-52-35)17(2)33(28)53-18(3)43/h11-12,16,22-23,29-30,36-37,40,44-46H,7-10,13-15H2,1-6H3/t16?,22?,23-,29?,30+,36+,37-,39-/m0/s1. The van der Waals surface area contributed by atoms with Gasteiger partial charge in [0.2, 0.25) is 6.79 Å². The summed E-state index contributed by atoms with van der Waals surface area (Å²) < 4.78 is 36.0. The number of aliphatic hydroxyl groups excluding tert-OH is 2. The zero-order chi connectivity index (χ0) is 38.0. The van der Waals surface area contributed by atoms with Crippen LogP contribution in [-0.4, -0.2) is 108 Å². The van der Waals surface area contributed by atoms with Crippen molar-refractivity contribution in [3.8, 4) is 28.7 Å². The van der Waals surface area contributed by atoms with Crippen molar-refractivity contribution in [2.45, 2.75) is 81.2 Å². The molecule has 0 radical (unpaired) electrons. The highest BCUT2D eigenvalue weighted by Crippen LogP contribution is 2.63. The van der Waals surface area contributed by atoms with Crippen LogP contribution in [0.15, 0.2) is 34.8 Å². The van der Waals surface area contributed by atoms with Gasteiger partial charge in [-0.15, -0.1) is 11.8 Å². The molecule has 8 aliphatic rings. The molecule has 2 fully saturated rings. The van der Waals surface area contributed by atoms with E-state index in [0.717, 1.165) is 16.7 Å². The van der Waals surface area contributed by atoms with Crippen LogP contribution in [0.4, 0.5) is 0 Å². The van der Waals surface area contributed by atoms with E-state index in [-0.39, 0.29) is 48.4 Å². The van der Waals surface area contributed by atoms with Gasteiger partial charge in [0, 0.05) is 53.4 Å². The number of hydrogen-bond acceptors (Lipinski definition) is 15. The summed E-state index contributed by atoms with van der Waals surface area (Å²) in [5.41, 5.74) is 3.87. The Morgan fingerprint density at radius 3 is 2.61 bits per heavy atom. The minimum atomic E-state index is -1.35. The third-order valence-corrected chi connectivity index (χ3v) is 14.1. The first-order valence-corrected chi connectivity index (χ1v) is 19.4. The number of hydrogen-bond donors (Lipinski definition) is 4. The normalized spacial score (nSPS) is 32.7. The van der Waals surface area contributed by atoms with E-state index in [1.54, 1.807) is 19.2 Å². The fourth-order valence-electron chi connectivity index (χ4n) is 10.3. The second-order valence-corrected chi connectivity index (χ2v) is 16.5. The van der Waals surface area contributed by atoms with Gasteiger partial charge in [-0.3, -0.25) is 19.9 Å². The SMILES string of the molecule is COC1=C(O)C2=C(CC1C)CC1[C@H](O)N3[C@H](C2N1C)[C@@H]1SC[C@@]2(NCCc4cc(O)c(OC)cc42)C(=O)OC[C@H]3c2c3c(c(C)c(OC(C)=O)c21)OCO3. The molecule has 10 rings (SSSR count). The number of carbonyl (C=O) groups is 2. The first kappa shape index (κ1) is 35.5. The number of benzene rings is 2. The van der Waals surface area contributed by atoms with Gasteiger partial charge < -0.3 is 43.7 Å². The van der Waals surface area contributed by atoms with Crippen LogP contribution in [0, 0.1) is 12.8 Å². The number of esters is 2. The first-order valence-electron chi connectivity index (χ1n) is 18.4. The number of phenols is 1. The molecule has 54 heavy (non-hydrogen) atoms. The Morgan fingerprint density at radius 1 is 1.09 bits per heavy atom. The Kier molecular flexibility index (Phi) is 8.36. The molecule has 1 aliphatic carbocycles. The van der Waals surface area contributed by atoms with Crippen molar-refractivity contribution in [2.75, 3.05) is 47.0 Å². The fourth-order valence-corrected chi connectivity index (χ4v) is 12.0. The lowest BCUT2D eigenvalue weighted by Gasteiger charge is -2.62. The van der Waals surface area contributed by atoms with E-state index < -0.39 is 47.1 Å². The minimum Gasteiger partial charge on any atom is -0.504 e. The number of phenolic OH excluding ortho intramolecular Hbond substituents is 1. The monoisotopic (exact) mass is 763 g/mol. The number of nitrogens with one attached hydrogen (secondary N) is 1. The van der Waals surface area contributed by atoms with Gasteiger partial charge in [0.25, 0.3) is 0 Å². The Bertz CT molecular complexity index is 2050. The van der Waals surface area contributed by atoms with Gasteiger partial charge in [0.1, 0.15) is 24.3 Å². The lowest BCUT2D eigenvalue weighted by molar-refractivity contribution is -0.180. The number of allylic oxidation sites excluding steroid dienone is 1. The minimum absolute atomic E-state index is 0.0179. The molecule has 4 bridgehead atoms. The average molecular weight is 764 g/mol. The van der Waals surface area contributed by atoms with Crippen LogP contribution in [0.1, 0.15) is 65.8 Å². The molecule has 14 nitrogen and oxygen atoms in total. The lowest BCUT2D eigenvalue weighted by Crippen LogP contribution is -2.73. The number of carbonyl (C=O) groups excluding carboxylic acids is 2. The highest BCUT2D eigenvalue weighted by atomic mass is 32.2. The highest BCUT2D eigenvalue weighted by Gasteiger charge is 2.62. The summed E-state index contributed by atoms with van der Waals surface area (Å²) in [6.07, 6.45) is 0.757. The summed E-state index contributed by atoms with van der Waals surface area (Å²) in [6, 6.07) is 1.25. The zero-order valence-corrected chi connectivity index (χ0v) is 31.9. The van der Waals surface area contributed by atoms with E-state index in [9.17, 15) is 24.9 Å². The van der Waals surface area contributed by atoms with Gasteiger partial charge in [-0.1, -0.05) is 12.5 Å². The molecule has 288 valence electrons. The van der Waals surface area contributed by atoms with E-state index >= 15 is 0 Å². The molecular weight excluding hydrogens is 719 g/mol. The molecule has 2 saturated heterocycles. The number of aromatic hydroxyl groups is 1. The van der Waals surface area contributed by atoms with Crippen LogP contribution in [0.5, 0.6) is 28.7 Å². The van der Waals surface area contributed by atoms with Crippen molar-refractivity contribution in [1.82, 2.24) is 15.1 Å². The van der Waals surface area contributed by atoms with Crippen molar-refractivity contribution in [1.29, 1.82) is 0 Å². The zero-order valence-electron chi connectivity index (χ0n) is 31.1. The van der Waals surface area contributed by atoms with E-state index in [0.29, 0.717) is 71.1 Å². The number of methoxy groups -OCH3 is 2. The van der Waals surface area contributed by atoms with Crippen LogP contribution in [0.2, 0.25) is 0 Å². The molecule has 15 heteroatoms. The van der Waals surface area contributed by atoms with Gasteiger partial charge in [-0.25, -0.2) is 4.79 Å². The van der Waals surface area contributed by atoms with Crippen LogP contribution in [0.3, 0.4) is 0 Å². The fraction of sp³-hybridized carbons (Fsp3) is 0.538. The van der Waals surface area contributed by atoms with Crippen LogP contribution in [0.25, 0.3) is 0 Å². The molecule has 1 spiro atoms. The van der Waals surface area contributed by atoms with Crippen LogP contribution < -0.4 is 24.3 Å². The van der Waals surface area contributed by atoms with E-state index in [1.807, 2.05) is 25.8 Å². The van der Waals surface area contributed by atoms with Gasteiger partial charge in [0.05, 0.1) is 37.6 Å². The lowest BCUT2D eigenvalue weighted by atomic mass is 9.70. The molecule has 8 atom stereocenters. The summed E-state index contributed by atoms with van der Waals surface area (Å²) in [5.74, 6) is 1.17. The van der Waals surface area contributed by atoms with Crippen molar-refractivity contribution >= 4 is 23.7 Å². The summed E-state index contributed by atoms with van der Waals surface area (Å²) in [5, 5.41) is 38.3. The van der Waals surface area contributed by atoms with Gasteiger partial charge in [-0.05, 0) is 56.5 Å². The van der Waals surface area contributed by atoms with Crippen molar-refractivity contribution in [3.63, 3.8) is 0 Å². The molecule has 3 unspecified atom stereocenters. The van der Waals surface area contributed by atoms with Crippen molar-refractivity contribution in [2.24, 2.45) is 5.92 Å². The Morgan fingerprint density at radius 2 is 1.87 bits per heavy atom. The van der Waals surface area contributed by atoms with Crippen molar-refractivity contribution in [3.05, 3.63) is 62.6 Å². The number of likely N-dealkylation sites (N-methyl/N-ethyl adjacent to an activating group) is 1. The molecule has 7 heterocycles. The number of rotatable bonds is 3. The topological polar surface area (TPSA) is 169 Å². The maximum absolute atomic E-state index is 14.7. The molecule has 4 N–H and O–H groups in total. The van der Waals surface area contributed by atoms with E-state index in [4.69, 9.17) is 28.4 Å². The number of aliphatic hydroxyl groups is 2. The Balaban J connectivity index is 1.31. The molecule has 0 saturated carbocycles. The molecular formula is C39H45N3O11S. The predicted molar refractivity (Wildman–Crippen MR) is 195 cm³/mol. The number of piperazine rings is 1. The van der Waals surface area contributed by atoms with Gasteiger partial charge in [0.15, 0.2) is 34.3 Å². The molecule has 7 aliphatic heterocycles. The Hall–Kier alpha value is -4.15. The smallest absolute Gasteiger partial charge is 0.331 e. The maximum Gasteiger partial charge on any atom is 0.331 e. The molecule has 2 aromatic carbocycles. The van der Waals surface area contributed by atoms with Crippen molar-refractivity contribution < 1.29 is 53.3 Å². The van der Waals surface area contributed by atoms with Gasteiger partial charge >= 0.3 is 11.9 Å². The Labute approximate surface area is 317 Å². The number of fused-ring (bicyclic) bond motifs is 8. The number of ether oxygens (including phenoxy) is 6. The van der Waals surface area contributed by atoms with Crippen LogP contribution in [-0.2, 0) is 31.0 Å². The highest BCUT2D eigenvalue weighted by molar-refractivity contribution is 7.99. The summed E-state index contributed by atoms with van der Waals surface area (Å²) >= 11 is 1.48. The molecule has 0 amide bonds. The second-order valence-electron chi connectivity index (χ2n) is 15.3. The van der Waals surface area contributed by atoms with E-state index in [2.05, 4.69) is 10.2 Å².